The van der Waals surface area contributed by atoms with Gasteiger partial charge in [-0.25, -0.2) is 0 Å². The van der Waals surface area contributed by atoms with Gasteiger partial charge in [-0.15, -0.1) is 0 Å². The van der Waals surface area contributed by atoms with E-state index < -0.39 is 11.4 Å². The van der Waals surface area contributed by atoms with Gasteiger partial charge in [0.15, 0.2) is 17.4 Å². The Kier molecular flexibility index (Phi) is 5.10. The largest absolute Gasteiger partial charge is 0.342 e. The Balaban J connectivity index is 1.46. The minimum Gasteiger partial charge on any atom is -0.342 e. The van der Waals surface area contributed by atoms with Crippen molar-refractivity contribution in [2.24, 2.45) is 28.6 Å². The fourth-order valence-electron chi connectivity index (χ4n) is 8.59. The van der Waals surface area contributed by atoms with Gasteiger partial charge in [0.25, 0.3) is 0 Å². The number of ketones is 2. The number of hydrogen-bond donors (Lipinski definition) is 0. The van der Waals surface area contributed by atoms with Crippen LogP contribution in [0.2, 0.25) is 0 Å². The molecule has 4 heteroatoms. The average molecular weight is 429 g/mol. The summed E-state index contributed by atoms with van der Waals surface area (Å²) >= 11 is 0. The van der Waals surface area contributed by atoms with Crippen LogP contribution < -0.4 is 0 Å². The summed E-state index contributed by atoms with van der Waals surface area (Å²) in [5.41, 5.74) is 0.796. The lowest BCUT2D eigenvalue weighted by atomic mass is 9.46. The molecule has 5 rings (SSSR count). The number of Topliss-reactive ketones (excluding diaryl/α,β-unsaturated/α-hetero) is 1. The summed E-state index contributed by atoms with van der Waals surface area (Å²) in [7, 11) is 0. The molecular weight excluding hydrogens is 388 g/mol. The third kappa shape index (κ3) is 3.00. The number of rotatable bonds is 3. The molecule has 5 aliphatic rings. The Labute approximate surface area is 187 Å². The predicted octanol–water partition coefficient (Wildman–Crippen LogP) is 5.78. The standard InChI is InChI=1S/C27H40O4/c1-5-6-12-26(4)30-17-23(29)27(31-26)15-11-22-20-8-7-18-16-19(28)9-13-24(18,2)21(20)10-14-25(22,27)3/h16,20-22H,5-15,17H2,1-4H3/t20?,21?,22?,24-,25-,26?,27?/m0/s1. The van der Waals surface area contributed by atoms with Crippen LogP contribution in [0.25, 0.3) is 0 Å². The van der Waals surface area contributed by atoms with Gasteiger partial charge in [0.05, 0.1) is 0 Å². The molecule has 3 saturated carbocycles. The Morgan fingerprint density at radius 2 is 1.77 bits per heavy atom. The molecule has 0 N–H and O–H groups in total. The van der Waals surface area contributed by atoms with Gasteiger partial charge in [0.1, 0.15) is 12.2 Å². The molecule has 1 spiro atoms. The lowest BCUT2D eigenvalue weighted by Gasteiger charge is -2.60. The first-order chi connectivity index (χ1) is 14.7. The molecule has 0 radical (unpaired) electrons. The number of fused-ring (bicyclic) bond motifs is 6. The number of allylic oxidation sites excluding steroid dienone is 1. The molecule has 1 aliphatic heterocycles. The highest BCUT2D eigenvalue weighted by atomic mass is 16.7. The van der Waals surface area contributed by atoms with Gasteiger partial charge < -0.3 is 9.47 Å². The van der Waals surface area contributed by atoms with Gasteiger partial charge in [-0.1, -0.05) is 32.8 Å². The monoisotopic (exact) mass is 428 g/mol. The van der Waals surface area contributed by atoms with E-state index in [-0.39, 0.29) is 23.2 Å². The van der Waals surface area contributed by atoms with Gasteiger partial charge in [0.2, 0.25) is 0 Å². The van der Waals surface area contributed by atoms with E-state index in [0.717, 1.165) is 64.2 Å². The topological polar surface area (TPSA) is 52.6 Å². The summed E-state index contributed by atoms with van der Waals surface area (Å²) < 4.78 is 12.8. The second-order valence-corrected chi connectivity index (χ2v) is 11.8. The van der Waals surface area contributed by atoms with E-state index in [1.165, 1.54) is 5.57 Å². The van der Waals surface area contributed by atoms with Crippen molar-refractivity contribution < 1.29 is 19.1 Å². The van der Waals surface area contributed by atoms with Crippen molar-refractivity contribution in [3.63, 3.8) is 0 Å². The predicted molar refractivity (Wildman–Crippen MR) is 119 cm³/mol. The average Bonchev–Trinajstić information content (AvgIpc) is 3.03. The molecule has 1 heterocycles. The molecule has 4 fully saturated rings. The molecule has 4 aliphatic carbocycles. The maximum atomic E-state index is 13.4. The summed E-state index contributed by atoms with van der Waals surface area (Å²) in [6.07, 6.45) is 13.0. The van der Waals surface area contributed by atoms with Crippen LogP contribution in [0.5, 0.6) is 0 Å². The first kappa shape index (κ1) is 21.8. The Hall–Kier alpha value is -1.00. The van der Waals surface area contributed by atoms with Crippen molar-refractivity contribution in [1.82, 2.24) is 0 Å². The van der Waals surface area contributed by atoms with Crippen molar-refractivity contribution in [3.05, 3.63) is 11.6 Å². The van der Waals surface area contributed by atoms with E-state index >= 15 is 0 Å². The van der Waals surface area contributed by atoms with Gasteiger partial charge in [-0.05, 0) is 87.5 Å². The first-order valence-electron chi connectivity index (χ1n) is 12.8. The van der Waals surface area contributed by atoms with Crippen molar-refractivity contribution in [3.8, 4) is 0 Å². The number of unbranched alkanes of at least 4 members (excludes halogenated alkanes) is 1. The van der Waals surface area contributed by atoms with Crippen molar-refractivity contribution in [1.29, 1.82) is 0 Å². The van der Waals surface area contributed by atoms with Gasteiger partial charge in [-0.3, -0.25) is 9.59 Å². The molecule has 0 aromatic heterocycles. The van der Waals surface area contributed by atoms with E-state index in [1.807, 2.05) is 6.08 Å². The zero-order chi connectivity index (χ0) is 22.1. The van der Waals surface area contributed by atoms with Crippen LogP contribution in [0.15, 0.2) is 11.6 Å². The van der Waals surface area contributed by atoms with E-state index in [0.29, 0.717) is 30.0 Å². The van der Waals surface area contributed by atoms with E-state index in [1.54, 1.807) is 0 Å². The van der Waals surface area contributed by atoms with E-state index in [9.17, 15) is 9.59 Å². The van der Waals surface area contributed by atoms with Crippen LogP contribution in [0.3, 0.4) is 0 Å². The molecule has 0 aromatic carbocycles. The zero-order valence-electron chi connectivity index (χ0n) is 19.9. The highest BCUT2D eigenvalue weighted by molar-refractivity contribution is 5.92. The Bertz CT molecular complexity index is 816. The van der Waals surface area contributed by atoms with Crippen LogP contribution >= 0.6 is 0 Å². The van der Waals surface area contributed by atoms with E-state index in [2.05, 4.69) is 27.7 Å². The van der Waals surface area contributed by atoms with Gasteiger partial charge in [-0.2, -0.15) is 0 Å². The van der Waals surface area contributed by atoms with Crippen LogP contribution in [-0.4, -0.2) is 29.6 Å². The molecule has 4 nitrogen and oxygen atoms in total. The van der Waals surface area contributed by atoms with Crippen LogP contribution in [0.1, 0.15) is 98.3 Å². The summed E-state index contributed by atoms with van der Waals surface area (Å²) in [5.74, 6) is 1.65. The molecule has 0 aromatic rings. The molecule has 0 amide bonds. The second kappa shape index (κ2) is 7.25. The zero-order valence-corrected chi connectivity index (χ0v) is 19.9. The molecule has 0 bridgehead atoms. The van der Waals surface area contributed by atoms with Crippen molar-refractivity contribution in [2.45, 2.75) is 110 Å². The molecular formula is C27H40O4. The van der Waals surface area contributed by atoms with Crippen molar-refractivity contribution >= 4 is 11.6 Å². The van der Waals surface area contributed by atoms with Crippen LogP contribution in [-0.2, 0) is 19.1 Å². The smallest absolute Gasteiger partial charge is 0.190 e. The van der Waals surface area contributed by atoms with Crippen LogP contribution in [0.4, 0.5) is 0 Å². The molecule has 5 unspecified atom stereocenters. The normalized spacial score (nSPS) is 49.4. The minimum absolute atomic E-state index is 0.107. The number of carbonyl (C=O) groups is 2. The fourth-order valence-corrected chi connectivity index (χ4v) is 8.59. The second-order valence-electron chi connectivity index (χ2n) is 11.8. The van der Waals surface area contributed by atoms with Gasteiger partial charge in [0, 0.05) is 18.3 Å². The molecule has 172 valence electrons. The third-order valence-corrected chi connectivity index (χ3v) is 10.4. The molecule has 7 atom stereocenters. The number of hydrogen-bond acceptors (Lipinski definition) is 4. The molecule has 31 heavy (non-hydrogen) atoms. The highest BCUT2D eigenvalue weighted by Crippen LogP contribution is 2.69. The lowest BCUT2D eigenvalue weighted by Crippen LogP contribution is -2.65. The highest BCUT2D eigenvalue weighted by Gasteiger charge is 2.69. The van der Waals surface area contributed by atoms with Crippen LogP contribution in [0, 0.1) is 28.6 Å². The summed E-state index contributed by atoms with van der Waals surface area (Å²) in [6.45, 7) is 9.22. The SMILES string of the molecule is CCCCC1(C)OCC(=O)C2(CCC3C4CCC5=CC(=O)CC[C@]5(C)C4CC[C@@]32C)O1. The molecule has 1 saturated heterocycles. The Morgan fingerprint density at radius 1 is 1.00 bits per heavy atom. The Morgan fingerprint density at radius 3 is 2.55 bits per heavy atom. The quantitative estimate of drug-likeness (QED) is 0.572. The summed E-state index contributed by atoms with van der Waals surface area (Å²) in [4.78, 5) is 25.5. The summed E-state index contributed by atoms with van der Waals surface area (Å²) in [6, 6.07) is 0. The van der Waals surface area contributed by atoms with Gasteiger partial charge >= 0.3 is 0 Å². The van der Waals surface area contributed by atoms with E-state index in [4.69, 9.17) is 9.47 Å². The maximum Gasteiger partial charge on any atom is 0.190 e. The fraction of sp³-hybridized carbons (Fsp3) is 0.852. The van der Waals surface area contributed by atoms with Crippen molar-refractivity contribution in [2.75, 3.05) is 6.61 Å². The minimum atomic E-state index is -0.678. The number of ether oxygens (including phenoxy) is 2. The third-order valence-electron chi connectivity index (χ3n) is 10.4. The first-order valence-corrected chi connectivity index (χ1v) is 12.8. The number of carbonyl (C=O) groups excluding carboxylic acids is 2. The lowest BCUT2D eigenvalue weighted by molar-refractivity contribution is -0.323. The maximum absolute atomic E-state index is 13.4. The summed E-state index contributed by atoms with van der Waals surface area (Å²) in [5, 5.41) is 0.